The summed E-state index contributed by atoms with van der Waals surface area (Å²) in [5.41, 5.74) is 2.15. The highest BCUT2D eigenvalue weighted by atomic mass is 35.5. The van der Waals surface area contributed by atoms with E-state index in [0.717, 1.165) is 22.6 Å². The Bertz CT molecular complexity index is 1950. The number of anilines is 1. The van der Waals surface area contributed by atoms with Crippen molar-refractivity contribution in [3.63, 3.8) is 0 Å². The molecule has 0 aromatic heterocycles. The van der Waals surface area contributed by atoms with Gasteiger partial charge in [0.05, 0.1) is 24.6 Å². The number of amides is 4. The molecule has 0 radical (unpaired) electrons. The van der Waals surface area contributed by atoms with Crippen LogP contribution in [0.3, 0.4) is 0 Å². The Labute approximate surface area is 291 Å². The van der Waals surface area contributed by atoms with Crippen molar-refractivity contribution in [3.05, 3.63) is 101 Å². The van der Waals surface area contributed by atoms with Gasteiger partial charge in [0.1, 0.15) is 11.6 Å². The first-order valence-corrected chi connectivity index (χ1v) is 16.5. The van der Waals surface area contributed by atoms with E-state index in [1.807, 2.05) is 6.08 Å². The molecule has 0 spiro atoms. The second-order valence-corrected chi connectivity index (χ2v) is 14.1. The third kappa shape index (κ3) is 5.03. The lowest BCUT2D eigenvalue weighted by molar-refractivity contribution is -0.140. The topological polar surface area (TPSA) is 124 Å². The number of likely N-dealkylation sites (tertiary alicyclic amines) is 1. The van der Waals surface area contributed by atoms with Gasteiger partial charge in [0.25, 0.3) is 11.8 Å². The lowest BCUT2D eigenvalue weighted by Gasteiger charge is -2.49. The number of phenolic OH excluding ortho intramolecular Hbond substituents is 2. The number of benzene rings is 3. The highest BCUT2D eigenvalue weighted by Crippen LogP contribution is 2.63. The first-order valence-electron chi connectivity index (χ1n) is 15.8. The number of hydrogen-bond donors (Lipinski definition) is 2. The SMILES string of the molecule is COc1cc(C=CC2C3=CCC4C(=O)N(CCc5ccc(O)cc5)C(=O)C4C3CC3(Cl)C(=O)N(c4ccc(F)cc4)C(=O)C23Cl)ccc1O. The second-order valence-electron chi connectivity index (χ2n) is 12.8. The van der Waals surface area contributed by atoms with Gasteiger partial charge < -0.3 is 14.9 Å². The highest BCUT2D eigenvalue weighted by Gasteiger charge is 2.76. The van der Waals surface area contributed by atoms with Crippen molar-refractivity contribution in [2.45, 2.75) is 29.0 Å². The van der Waals surface area contributed by atoms with Crippen molar-refractivity contribution in [2.24, 2.45) is 23.7 Å². The van der Waals surface area contributed by atoms with E-state index in [2.05, 4.69) is 0 Å². The summed E-state index contributed by atoms with van der Waals surface area (Å²) in [6.45, 7) is 0.130. The predicted octanol–water partition coefficient (Wildman–Crippen LogP) is 5.60. The number of ether oxygens (including phenoxy) is 1. The molecule has 4 aliphatic rings. The average Bonchev–Trinajstić information content (AvgIpc) is 3.42. The Morgan fingerprint density at radius 1 is 0.939 bits per heavy atom. The van der Waals surface area contributed by atoms with Gasteiger partial charge in [-0.05, 0) is 84.8 Å². The number of halogens is 3. The van der Waals surface area contributed by atoms with E-state index in [1.165, 1.54) is 42.3 Å². The van der Waals surface area contributed by atoms with Crippen LogP contribution >= 0.6 is 23.2 Å². The minimum atomic E-state index is -2.04. The van der Waals surface area contributed by atoms with Crippen LogP contribution in [0.2, 0.25) is 0 Å². The lowest BCUT2D eigenvalue weighted by Crippen LogP contribution is -2.60. The molecule has 2 aliphatic heterocycles. The highest BCUT2D eigenvalue weighted by molar-refractivity contribution is 6.58. The molecule has 4 amide bonds. The number of fused-ring (bicyclic) bond motifs is 4. The molecule has 2 N–H and O–H groups in total. The van der Waals surface area contributed by atoms with Crippen molar-refractivity contribution in [3.8, 4) is 17.2 Å². The number of rotatable bonds is 7. The fourth-order valence-electron chi connectivity index (χ4n) is 7.84. The van der Waals surface area contributed by atoms with Crippen LogP contribution < -0.4 is 9.64 Å². The van der Waals surface area contributed by atoms with Crippen LogP contribution in [0.4, 0.5) is 10.1 Å². The quantitative estimate of drug-likeness (QED) is 0.187. The number of carbonyl (C=O) groups excluding carboxylic acids is 4. The molecule has 3 fully saturated rings. The molecule has 2 aliphatic carbocycles. The molecule has 6 unspecified atom stereocenters. The van der Waals surface area contributed by atoms with Crippen LogP contribution in [-0.4, -0.2) is 62.1 Å². The molecular formula is C37H31Cl2FN2O7. The van der Waals surface area contributed by atoms with E-state index in [4.69, 9.17) is 27.9 Å². The molecule has 9 nitrogen and oxygen atoms in total. The molecule has 3 aromatic carbocycles. The Kier molecular flexibility index (Phi) is 8.07. The molecule has 0 bridgehead atoms. The van der Waals surface area contributed by atoms with Crippen molar-refractivity contribution >= 4 is 58.6 Å². The second kappa shape index (κ2) is 12.0. The summed E-state index contributed by atoms with van der Waals surface area (Å²) in [6.07, 6.45) is 5.60. The monoisotopic (exact) mass is 704 g/mol. The van der Waals surface area contributed by atoms with Gasteiger partial charge in [-0.2, -0.15) is 0 Å². The molecule has 1 saturated carbocycles. The van der Waals surface area contributed by atoms with Gasteiger partial charge in [-0.15, -0.1) is 23.2 Å². The summed E-state index contributed by atoms with van der Waals surface area (Å²) >= 11 is 14.7. The summed E-state index contributed by atoms with van der Waals surface area (Å²) < 4.78 is 19.1. The smallest absolute Gasteiger partial charge is 0.258 e. The predicted molar refractivity (Wildman–Crippen MR) is 180 cm³/mol. The van der Waals surface area contributed by atoms with Crippen LogP contribution in [0.15, 0.2) is 84.5 Å². The number of nitrogens with zero attached hydrogens (tertiary/aromatic N) is 2. The van der Waals surface area contributed by atoms with E-state index < -0.39 is 51.1 Å². The average molecular weight is 706 g/mol. The third-order valence-corrected chi connectivity index (χ3v) is 11.7. The fourth-order valence-corrected chi connectivity index (χ4v) is 8.73. The van der Waals surface area contributed by atoms with Gasteiger partial charge in [0.15, 0.2) is 21.2 Å². The van der Waals surface area contributed by atoms with Crippen LogP contribution in [0.25, 0.3) is 6.08 Å². The number of imide groups is 2. The van der Waals surface area contributed by atoms with Crippen molar-refractivity contribution < 1.29 is 38.5 Å². The molecule has 7 rings (SSSR count). The van der Waals surface area contributed by atoms with Crippen molar-refractivity contribution in [2.75, 3.05) is 18.6 Å². The first kappa shape index (κ1) is 32.9. The molecular weight excluding hydrogens is 674 g/mol. The van der Waals surface area contributed by atoms with E-state index in [0.29, 0.717) is 17.6 Å². The number of phenols is 2. The zero-order valence-electron chi connectivity index (χ0n) is 26.2. The zero-order chi connectivity index (χ0) is 34.8. The van der Waals surface area contributed by atoms with Crippen molar-refractivity contribution in [1.82, 2.24) is 4.90 Å². The maximum atomic E-state index is 14.4. The van der Waals surface area contributed by atoms with Crippen molar-refractivity contribution in [1.29, 1.82) is 0 Å². The number of aromatic hydroxyl groups is 2. The van der Waals surface area contributed by atoms with Gasteiger partial charge in [0.2, 0.25) is 11.8 Å². The van der Waals surface area contributed by atoms with E-state index >= 15 is 0 Å². The molecule has 2 heterocycles. The number of carbonyl (C=O) groups is 4. The summed E-state index contributed by atoms with van der Waals surface area (Å²) in [5, 5.41) is 19.7. The summed E-state index contributed by atoms with van der Waals surface area (Å²) in [4.78, 5) is 54.5. The molecule has 12 heteroatoms. The van der Waals surface area contributed by atoms with Gasteiger partial charge in [-0.25, -0.2) is 9.29 Å². The van der Waals surface area contributed by atoms with E-state index in [-0.39, 0.29) is 54.1 Å². The largest absolute Gasteiger partial charge is 0.508 e. The Morgan fingerprint density at radius 3 is 2.35 bits per heavy atom. The minimum absolute atomic E-state index is 0.0714. The maximum Gasteiger partial charge on any atom is 0.258 e. The van der Waals surface area contributed by atoms with Crippen LogP contribution in [0.5, 0.6) is 17.2 Å². The molecule has 3 aromatic rings. The van der Waals surface area contributed by atoms with E-state index in [9.17, 15) is 33.8 Å². The molecule has 49 heavy (non-hydrogen) atoms. The molecule has 252 valence electrons. The maximum absolute atomic E-state index is 14.4. The Morgan fingerprint density at radius 2 is 1.65 bits per heavy atom. The Balaban J connectivity index is 1.29. The van der Waals surface area contributed by atoms with Crippen LogP contribution in [0.1, 0.15) is 24.0 Å². The first-order chi connectivity index (χ1) is 23.4. The summed E-state index contributed by atoms with van der Waals surface area (Å²) in [7, 11) is 1.41. The van der Waals surface area contributed by atoms with Gasteiger partial charge in [0, 0.05) is 12.5 Å². The van der Waals surface area contributed by atoms with E-state index in [1.54, 1.807) is 36.4 Å². The number of allylic oxidation sites excluding steroid dienone is 3. The fraction of sp³-hybridized carbons (Fsp3) is 0.297. The van der Waals surface area contributed by atoms with Crippen LogP contribution in [0, 0.1) is 29.5 Å². The van der Waals surface area contributed by atoms with Gasteiger partial charge in [-0.3, -0.25) is 24.1 Å². The third-order valence-electron chi connectivity index (χ3n) is 10.3. The summed E-state index contributed by atoms with van der Waals surface area (Å²) in [5.74, 6) is -5.82. The number of hydrogen-bond acceptors (Lipinski definition) is 7. The zero-order valence-corrected chi connectivity index (χ0v) is 27.7. The van der Waals surface area contributed by atoms with Crippen LogP contribution in [-0.2, 0) is 25.6 Å². The van der Waals surface area contributed by atoms with Gasteiger partial charge in [-0.1, -0.05) is 42.0 Å². The molecule has 6 atom stereocenters. The minimum Gasteiger partial charge on any atom is -0.508 e. The number of methoxy groups -OCH3 is 1. The summed E-state index contributed by atoms with van der Waals surface area (Å²) in [6, 6.07) is 16.0. The Hall–Kier alpha value is -4.67. The molecule has 2 saturated heterocycles. The van der Waals surface area contributed by atoms with Gasteiger partial charge >= 0.3 is 0 Å². The normalized spacial score (nSPS) is 29.3. The number of alkyl halides is 2. The standard InChI is InChI=1S/C37H31Cl2FN2O7/c1-49-30-18-21(5-15-29(30)44)4-14-28-25-12-13-26-31(33(46)41(32(26)45)17-16-20-2-10-24(43)11-3-20)27(25)19-36(38)34(47)42(35(48)37(28,36)39)23-8-6-22(40)7-9-23/h2-12,14-15,18,26-28,31,43-44H,13,16-17,19H2,1H3. The lowest BCUT2D eigenvalue weighted by atomic mass is 9.57.